The molecule has 60 valence electrons. The maximum Gasteiger partial charge on any atom is 0.123 e. The third-order valence-corrected chi connectivity index (χ3v) is 1.43. The summed E-state index contributed by atoms with van der Waals surface area (Å²) in [4.78, 5) is 4.02. The van der Waals surface area contributed by atoms with Gasteiger partial charge in [-0.1, -0.05) is 6.07 Å². The van der Waals surface area contributed by atoms with E-state index in [2.05, 4.69) is 4.98 Å². The zero-order valence-corrected chi connectivity index (χ0v) is 6.20. The molecule has 0 spiro atoms. The Balaban J connectivity index is 2.86. The van der Waals surface area contributed by atoms with E-state index in [1.165, 1.54) is 0 Å². The number of pyridine rings is 1. The largest absolute Gasteiger partial charge is 0.384 e. The molecule has 4 nitrogen and oxygen atoms in total. The Labute approximate surface area is 65.4 Å². The fourth-order valence-corrected chi connectivity index (χ4v) is 0.796. The average Bonchev–Trinajstić information content (AvgIpc) is 2.03. The molecule has 0 saturated carbocycles. The highest BCUT2D eigenvalue weighted by Crippen LogP contribution is 2.06. The lowest BCUT2D eigenvalue weighted by molar-refractivity contribution is 0.712. The fraction of sp³-hybridized carbons (Fsp3) is 0.286. The van der Waals surface area contributed by atoms with Crippen molar-refractivity contribution in [2.24, 2.45) is 11.5 Å². The van der Waals surface area contributed by atoms with Crippen LogP contribution >= 0.6 is 0 Å². The average molecular weight is 152 g/mol. The molecule has 0 aliphatic carbocycles. The number of nitrogens with zero attached hydrogens (tertiary/aromatic N) is 1. The first-order chi connectivity index (χ1) is 5.24. The Morgan fingerprint density at radius 2 is 2.18 bits per heavy atom. The zero-order valence-electron chi connectivity index (χ0n) is 6.20. The number of hydrogen-bond acceptors (Lipinski definition) is 4. The maximum absolute atomic E-state index is 5.62. The molecule has 6 N–H and O–H groups in total. The Kier molecular flexibility index (Phi) is 2.40. The standard InChI is InChI=1S/C7H12N4/c8-4-5(9)6-2-1-3-7(10)11-6/h1-3,5H,4,8-9H2,(H2,10,11). The predicted octanol–water partition coefficient (Wildman–Crippen LogP) is -0.378. The van der Waals surface area contributed by atoms with Crippen molar-refractivity contribution in [1.29, 1.82) is 0 Å². The molecule has 0 amide bonds. The van der Waals surface area contributed by atoms with Gasteiger partial charge in [-0.15, -0.1) is 0 Å². The van der Waals surface area contributed by atoms with Crippen LogP contribution in [0.15, 0.2) is 18.2 Å². The van der Waals surface area contributed by atoms with E-state index in [-0.39, 0.29) is 6.04 Å². The van der Waals surface area contributed by atoms with E-state index < -0.39 is 0 Å². The van der Waals surface area contributed by atoms with Crippen LogP contribution in [0.25, 0.3) is 0 Å². The summed E-state index contributed by atoms with van der Waals surface area (Å²) >= 11 is 0. The van der Waals surface area contributed by atoms with Crippen LogP contribution in [0.1, 0.15) is 11.7 Å². The van der Waals surface area contributed by atoms with Crippen molar-refractivity contribution in [2.45, 2.75) is 6.04 Å². The van der Waals surface area contributed by atoms with E-state index in [1.54, 1.807) is 6.07 Å². The molecular formula is C7H12N4. The van der Waals surface area contributed by atoms with Crippen molar-refractivity contribution in [1.82, 2.24) is 4.98 Å². The molecule has 0 aliphatic rings. The van der Waals surface area contributed by atoms with Crippen molar-refractivity contribution in [3.63, 3.8) is 0 Å². The monoisotopic (exact) mass is 152 g/mol. The summed E-state index contributed by atoms with van der Waals surface area (Å²) in [5.41, 5.74) is 17.2. The molecule has 1 aromatic heterocycles. The normalized spacial score (nSPS) is 12.9. The van der Waals surface area contributed by atoms with Gasteiger partial charge in [0, 0.05) is 6.54 Å². The number of aromatic nitrogens is 1. The van der Waals surface area contributed by atoms with Crippen LogP contribution in [0.2, 0.25) is 0 Å². The van der Waals surface area contributed by atoms with E-state index in [1.807, 2.05) is 12.1 Å². The molecule has 0 saturated heterocycles. The lowest BCUT2D eigenvalue weighted by Gasteiger charge is -2.07. The summed E-state index contributed by atoms with van der Waals surface area (Å²) in [6, 6.07) is 5.13. The van der Waals surface area contributed by atoms with Crippen LogP contribution < -0.4 is 17.2 Å². The van der Waals surface area contributed by atoms with Crippen LogP contribution in [-0.2, 0) is 0 Å². The second kappa shape index (κ2) is 3.32. The van der Waals surface area contributed by atoms with E-state index in [0.29, 0.717) is 12.4 Å². The highest BCUT2D eigenvalue weighted by molar-refractivity contribution is 5.29. The van der Waals surface area contributed by atoms with Gasteiger partial charge in [0.05, 0.1) is 11.7 Å². The minimum Gasteiger partial charge on any atom is -0.384 e. The van der Waals surface area contributed by atoms with Crippen molar-refractivity contribution in [3.8, 4) is 0 Å². The summed E-state index contributed by atoms with van der Waals surface area (Å²) in [6.45, 7) is 0.385. The minimum absolute atomic E-state index is 0.210. The number of anilines is 1. The van der Waals surface area contributed by atoms with Gasteiger partial charge < -0.3 is 17.2 Å². The van der Waals surface area contributed by atoms with E-state index in [0.717, 1.165) is 5.69 Å². The van der Waals surface area contributed by atoms with Crippen LogP contribution in [0.4, 0.5) is 5.82 Å². The zero-order chi connectivity index (χ0) is 8.27. The molecular weight excluding hydrogens is 140 g/mol. The molecule has 0 radical (unpaired) electrons. The molecule has 1 unspecified atom stereocenters. The van der Waals surface area contributed by atoms with Gasteiger partial charge in [-0.05, 0) is 12.1 Å². The first-order valence-corrected chi connectivity index (χ1v) is 3.42. The van der Waals surface area contributed by atoms with Crippen molar-refractivity contribution >= 4 is 5.82 Å². The first kappa shape index (κ1) is 7.97. The van der Waals surface area contributed by atoms with Crippen LogP contribution in [0.5, 0.6) is 0 Å². The van der Waals surface area contributed by atoms with Crippen LogP contribution in [-0.4, -0.2) is 11.5 Å². The minimum atomic E-state index is -0.210. The van der Waals surface area contributed by atoms with Crippen molar-refractivity contribution < 1.29 is 0 Å². The second-order valence-electron chi connectivity index (χ2n) is 2.33. The number of nitrogens with two attached hydrogens (primary N) is 3. The molecule has 1 aromatic rings. The van der Waals surface area contributed by atoms with Gasteiger partial charge in [0.25, 0.3) is 0 Å². The Hall–Kier alpha value is -1.13. The highest BCUT2D eigenvalue weighted by atomic mass is 14.9. The van der Waals surface area contributed by atoms with Gasteiger partial charge >= 0.3 is 0 Å². The molecule has 0 aliphatic heterocycles. The molecule has 4 heteroatoms. The maximum atomic E-state index is 5.62. The highest BCUT2D eigenvalue weighted by Gasteiger charge is 2.03. The third kappa shape index (κ3) is 1.89. The van der Waals surface area contributed by atoms with Crippen molar-refractivity contribution in [3.05, 3.63) is 23.9 Å². The van der Waals surface area contributed by atoms with E-state index in [9.17, 15) is 0 Å². The van der Waals surface area contributed by atoms with Gasteiger partial charge in [0.2, 0.25) is 0 Å². The molecule has 1 rings (SSSR count). The van der Waals surface area contributed by atoms with Gasteiger partial charge in [0.15, 0.2) is 0 Å². The first-order valence-electron chi connectivity index (χ1n) is 3.42. The third-order valence-electron chi connectivity index (χ3n) is 1.43. The quantitative estimate of drug-likeness (QED) is 0.539. The lowest BCUT2D eigenvalue weighted by atomic mass is 10.2. The van der Waals surface area contributed by atoms with Gasteiger partial charge in [-0.2, -0.15) is 0 Å². The summed E-state index contributed by atoms with van der Waals surface area (Å²) in [5, 5.41) is 0. The van der Waals surface area contributed by atoms with Gasteiger partial charge in [-0.3, -0.25) is 0 Å². The van der Waals surface area contributed by atoms with Crippen LogP contribution in [0.3, 0.4) is 0 Å². The number of nitrogen functional groups attached to an aromatic ring is 1. The second-order valence-corrected chi connectivity index (χ2v) is 2.33. The number of rotatable bonds is 2. The SMILES string of the molecule is NCC(N)c1cccc(N)n1. The molecule has 1 heterocycles. The number of hydrogen-bond donors (Lipinski definition) is 3. The Bertz CT molecular complexity index is 236. The fourth-order valence-electron chi connectivity index (χ4n) is 0.796. The topological polar surface area (TPSA) is 91.0 Å². The molecule has 1 atom stereocenters. The van der Waals surface area contributed by atoms with Gasteiger partial charge in [-0.25, -0.2) is 4.98 Å². The van der Waals surface area contributed by atoms with E-state index >= 15 is 0 Å². The van der Waals surface area contributed by atoms with Crippen molar-refractivity contribution in [2.75, 3.05) is 12.3 Å². The van der Waals surface area contributed by atoms with E-state index in [4.69, 9.17) is 17.2 Å². The molecule has 0 fully saturated rings. The summed E-state index contributed by atoms with van der Waals surface area (Å²) in [6.07, 6.45) is 0. The lowest BCUT2D eigenvalue weighted by Crippen LogP contribution is -2.21. The smallest absolute Gasteiger partial charge is 0.123 e. The summed E-state index contributed by atoms with van der Waals surface area (Å²) in [5.74, 6) is 0.478. The molecule has 11 heavy (non-hydrogen) atoms. The summed E-state index contributed by atoms with van der Waals surface area (Å²) < 4.78 is 0. The summed E-state index contributed by atoms with van der Waals surface area (Å²) in [7, 11) is 0. The molecule has 0 bridgehead atoms. The van der Waals surface area contributed by atoms with Crippen LogP contribution in [0, 0.1) is 0 Å². The van der Waals surface area contributed by atoms with Gasteiger partial charge in [0.1, 0.15) is 5.82 Å². The predicted molar refractivity (Wildman–Crippen MR) is 44.6 cm³/mol. The Morgan fingerprint density at radius 1 is 1.45 bits per heavy atom. The Morgan fingerprint density at radius 3 is 2.73 bits per heavy atom. The molecule has 0 aromatic carbocycles.